The van der Waals surface area contributed by atoms with Gasteiger partial charge in [0.2, 0.25) is 0 Å². The van der Waals surface area contributed by atoms with Crippen molar-refractivity contribution in [3.8, 4) is 0 Å². The van der Waals surface area contributed by atoms with Gasteiger partial charge in [0.05, 0.1) is 6.61 Å². The van der Waals surface area contributed by atoms with Crippen molar-refractivity contribution in [2.24, 2.45) is 0 Å². The van der Waals surface area contributed by atoms with Crippen molar-refractivity contribution in [3.63, 3.8) is 0 Å². The minimum Gasteiger partial charge on any atom is -0.466 e. The van der Waals surface area contributed by atoms with Crippen molar-refractivity contribution in [3.05, 3.63) is 0 Å². The fraction of sp³-hybridized carbons (Fsp3) is 0.929. The molecule has 0 fully saturated rings. The zero-order chi connectivity index (χ0) is 14.4. The highest BCUT2D eigenvalue weighted by Crippen LogP contribution is 2.37. The Balaban J connectivity index is 3.98. The Hall–Kier alpha value is -0.353. The smallest absolute Gasteiger partial charge is 0.305 e. The van der Waals surface area contributed by atoms with Crippen molar-refractivity contribution in [1.29, 1.82) is 0 Å². The molecule has 0 N–H and O–H groups in total. The summed E-state index contributed by atoms with van der Waals surface area (Å²) in [6, 6.07) is 0. The lowest BCUT2D eigenvalue weighted by atomic mass is 10.2. The zero-order valence-corrected chi connectivity index (χ0v) is 14.1. The number of carbonyl (C=O) groups is 1. The van der Waals surface area contributed by atoms with Gasteiger partial charge in [-0.15, -0.1) is 0 Å². The highest BCUT2D eigenvalue weighted by molar-refractivity contribution is 6.74. The molecule has 108 valence electrons. The van der Waals surface area contributed by atoms with Gasteiger partial charge in [-0.25, -0.2) is 0 Å². The molecule has 0 radical (unpaired) electrons. The average Bonchev–Trinajstić information content (AvgIpc) is 2.15. The fourth-order valence-electron chi connectivity index (χ4n) is 1.51. The van der Waals surface area contributed by atoms with Crippen molar-refractivity contribution in [1.82, 2.24) is 0 Å². The molecule has 0 heterocycles. The molecule has 0 unspecified atom stereocenters. The number of ether oxygens (including phenoxy) is 1. The molecule has 0 saturated carbocycles. The van der Waals surface area contributed by atoms with Crippen LogP contribution in [-0.2, 0) is 14.0 Å². The van der Waals surface area contributed by atoms with Gasteiger partial charge in [-0.1, -0.05) is 20.8 Å². The van der Waals surface area contributed by atoms with Crippen LogP contribution in [0.4, 0.5) is 0 Å². The minimum atomic E-state index is -1.68. The molecule has 0 aromatic heterocycles. The van der Waals surface area contributed by atoms with Gasteiger partial charge in [-0.2, -0.15) is 0 Å². The van der Waals surface area contributed by atoms with E-state index < -0.39 is 8.32 Å². The maximum atomic E-state index is 11.2. The highest BCUT2D eigenvalue weighted by Gasteiger charge is 2.38. The van der Waals surface area contributed by atoms with E-state index in [1.54, 1.807) is 0 Å². The Kier molecular flexibility index (Phi) is 7.15. The SMILES string of the molecule is CCOC(=O)CCC[C@@H](C)O[Si](C)(C)C(C)(C)C. The first-order valence-corrected chi connectivity index (χ1v) is 9.84. The summed E-state index contributed by atoms with van der Waals surface area (Å²) >= 11 is 0. The van der Waals surface area contributed by atoms with E-state index in [-0.39, 0.29) is 17.1 Å². The monoisotopic (exact) mass is 274 g/mol. The van der Waals surface area contributed by atoms with Crippen LogP contribution in [0.2, 0.25) is 18.1 Å². The van der Waals surface area contributed by atoms with Gasteiger partial charge in [0.15, 0.2) is 8.32 Å². The van der Waals surface area contributed by atoms with Gasteiger partial charge < -0.3 is 9.16 Å². The van der Waals surface area contributed by atoms with Crippen molar-refractivity contribution in [2.75, 3.05) is 6.61 Å². The van der Waals surface area contributed by atoms with E-state index in [2.05, 4.69) is 40.8 Å². The number of hydrogen-bond donors (Lipinski definition) is 0. The highest BCUT2D eigenvalue weighted by atomic mass is 28.4. The molecule has 4 heteroatoms. The second kappa shape index (κ2) is 7.29. The average molecular weight is 274 g/mol. The molecule has 0 aliphatic rings. The molecule has 0 rings (SSSR count). The van der Waals surface area contributed by atoms with Gasteiger partial charge in [-0.05, 0) is 44.8 Å². The Morgan fingerprint density at radius 3 is 2.28 bits per heavy atom. The summed E-state index contributed by atoms with van der Waals surface area (Å²) in [5.74, 6) is -0.1000. The van der Waals surface area contributed by atoms with Crippen LogP contribution < -0.4 is 0 Å². The van der Waals surface area contributed by atoms with Gasteiger partial charge in [-0.3, -0.25) is 4.79 Å². The first-order chi connectivity index (χ1) is 8.10. The van der Waals surface area contributed by atoms with Crippen LogP contribution in [0, 0.1) is 0 Å². The van der Waals surface area contributed by atoms with Crippen LogP contribution in [0.3, 0.4) is 0 Å². The van der Waals surface area contributed by atoms with Gasteiger partial charge >= 0.3 is 5.97 Å². The first-order valence-electron chi connectivity index (χ1n) is 6.93. The van der Waals surface area contributed by atoms with Gasteiger partial charge in [0.1, 0.15) is 0 Å². The standard InChI is InChI=1S/C14H30O3Si/c1-8-16-13(15)11-9-10-12(2)17-18(6,7)14(3,4)5/h12H,8-11H2,1-7H3/t12-/m1/s1. The second-order valence-corrected chi connectivity index (χ2v) is 11.1. The molecule has 0 aromatic carbocycles. The lowest BCUT2D eigenvalue weighted by Crippen LogP contribution is -2.43. The number of carbonyl (C=O) groups excluding carboxylic acids is 1. The largest absolute Gasteiger partial charge is 0.466 e. The Bertz CT molecular complexity index is 256. The van der Waals surface area contributed by atoms with Gasteiger partial charge in [0, 0.05) is 12.5 Å². The van der Waals surface area contributed by atoms with Crippen molar-refractivity contribution in [2.45, 2.75) is 78.1 Å². The van der Waals surface area contributed by atoms with E-state index in [1.807, 2.05) is 6.92 Å². The Morgan fingerprint density at radius 2 is 1.83 bits per heavy atom. The van der Waals surface area contributed by atoms with Gasteiger partial charge in [0.25, 0.3) is 0 Å². The molecule has 0 aliphatic carbocycles. The van der Waals surface area contributed by atoms with E-state index in [0.717, 1.165) is 12.8 Å². The van der Waals surface area contributed by atoms with Crippen LogP contribution in [-0.4, -0.2) is 27.0 Å². The molecule has 18 heavy (non-hydrogen) atoms. The first kappa shape index (κ1) is 17.6. The van der Waals surface area contributed by atoms with Crippen LogP contribution >= 0.6 is 0 Å². The van der Waals surface area contributed by atoms with Crippen molar-refractivity contribution >= 4 is 14.3 Å². The summed E-state index contributed by atoms with van der Waals surface area (Å²) in [6.07, 6.45) is 2.49. The van der Waals surface area contributed by atoms with Crippen LogP contribution in [0.15, 0.2) is 0 Å². The summed E-state index contributed by atoms with van der Waals surface area (Å²) in [7, 11) is -1.68. The fourth-order valence-corrected chi connectivity index (χ4v) is 2.98. The van der Waals surface area contributed by atoms with E-state index in [9.17, 15) is 4.79 Å². The van der Waals surface area contributed by atoms with E-state index in [4.69, 9.17) is 9.16 Å². The molecular formula is C14H30O3Si. The maximum absolute atomic E-state index is 11.2. The molecule has 0 spiro atoms. The summed E-state index contributed by atoms with van der Waals surface area (Å²) in [6.45, 7) is 15.6. The van der Waals surface area contributed by atoms with Crippen LogP contribution in [0.5, 0.6) is 0 Å². The maximum Gasteiger partial charge on any atom is 0.305 e. The lowest BCUT2D eigenvalue weighted by molar-refractivity contribution is -0.143. The van der Waals surface area contributed by atoms with Crippen LogP contribution in [0.25, 0.3) is 0 Å². The second-order valence-electron chi connectivity index (χ2n) is 6.39. The molecular weight excluding hydrogens is 244 g/mol. The quantitative estimate of drug-likeness (QED) is 0.517. The predicted molar refractivity (Wildman–Crippen MR) is 78.2 cm³/mol. The lowest BCUT2D eigenvalue weighted by Gasteiger charge is -2.38. The zero-order valence-electron chi connectivity index (χ0n) is 13.1. The van der Waals surface area contributed by atoms with E-state index in [0.29, 0.717) is 13.0 Å². The summed E-state index contributed by atoms with van der Waals surface area (Å²) in [4.78, 5) is 11.2. The molecule has 3 nitrogen and oxygen atoms in total. The third kappa shape index (κ3) is 6.54. The number of esters is 1. The minimum absolute atomic E-state index is 0.1000. The number of hydrogen-bond acceptors (Lipinski definition) is 3. The number of rotatable bonds is 7. The predicted octanol–water partition coefficient (Wildman–Crippen LogP) is 4.13. The van der Waals surface area contributed by atoms with E-state index >= 15 is 0 Å². The Labute approximate surface area is 113 Å². The summed E-state index contributed by atoms with van der Waals surface area (Å²) in [5.41, 5.74) is 0. The molecule has 0 bridgehead atoms. The molecule has 1 atom stereocenters. The molecule has 0 amide bonds. The van der Waals surface area contributed by atoms with Crippen LogP contribution in [0.1, 0.15) is 53.9 Å². The summed E-state index contributed by atoms with van der Waals surface area (Å²) < 4.78 is 11.1. The topological polar surface area (TPSA) is 35.5 Å². The third-order valence-electron chi connectivity index (χ3n) is 3.60. The Morgan fingerprint density at radius 1 is 1.28 bits per heavy atom. The van der Waals surface area contributed by atoms with E-state index in [1.165, 1.54) is 0 Å². The normalized spacial score (nSPS) is 14.4. The molecule has 0 aromatic rings. The molecule has 0 aliphatic heterocycles. The third-order valence-corrected chi connectivity index (χ3v) is 8.20. The van der Waals surface area contributed by atoms with Crippen molar-refractivity contribution < 1.29 is 14.0 Å². The summed E-state index contributed by atoms with van der Waals surface area (Å²) in [5, 5.41) is 0.238. The molecule has 0 saturated heterocycles.